The van der Waals surface area contributed by atoms with Gasteiger partial charge in [0.05, 0.1) is 5.41 Å². The molecule has 0 aromatic heterocycles. The molecule has 5 heteroatoms. The fourth-order valence-corrected chi connectivity index (χ4v) is 3.30. The summed E-state index contributed by atoms with van der Waals surface area (Å²) < 4.78 is 0. The molecule has 1 heterocycles. The first kappa shape index (κ1) is 14.8. The predicted molar refractivity (Wildman–Crippen MR) is 81.5 cm³/mol. The highest BCUT2D eigenvalue weighted by molar-refractivity contribution is 6.01. The summed E-state index contributed by atoms with van der Waals surface area (Å²) in [6.07, 6.45) is 2.86. The smallest absolute Gasteiger partial charge is 0.253 e. The lowest BCUT2D eigenvalue weighted by Gasteiger charge is -2.22. The molecule has 0 unspecified atom stereocenters. The molecule has 116 valence electrons. The molecule has 1 saturated heterocycles. The lowest BCUT2D eigenvalue weighted by Crippen LogP contribution is -2.38. The van der Waals surface area contributed by atoms with Crippen LogP contribution in [0.1, 0.15) is 52.5 Å². The number of hydrogen-bond donors (Lipinski definition) is 1. The topological polar surface area (TPSA) is 80.5 Å². The van der Waals surface area contributed by atoms with E-state index in [-0.39, 0.29) is 17.6 Å². The predicted octanol–water partition coefficient (Wildman–Crippen LogP) is 1.54. The molecule has 1 aliphatic heterocycles. The number of nitrogens with two attached hydrogens (primary N) is 1. The summed E-state index contributed by atoms with van der Waals surface area (Å²) >= 11 is 0. The Balaban J connectivity index is 1.82. The molecule has 22 heavy (non-hydrogen) atoms. The summed E-state index contributed by atoms with van der Waals surface area (Å²) in [6, 6.07) is 5.30. The molecule has 1 aromatic rings. The third kappa shape index (κ3) is 2.40. The number of hydrogen-bond acceptors (Lipinski definition) is 3. The van der Waals surface area contributed by atoms with E-state index < -0.39 is 5.41 Å². The van der Waals surface area contributed by atoms with Gasteiger partial charge < -0.3 is 10.6 Å². The van der Waals surface area contributed by atoms with Crippen molar-refractivity contribution in [3.05, 3.63) is 34.9 Å². The summed E-state index contributed by atoms with van der Waals surface area (Å²) in [7, 11) is 0. The molecule has 2 N–H and O–H groups in total. The van der Waals surface area contributed by atoms with Gasteiger partial charge in [0.15, 0.2) is 5.78 Å². The Morgan fingerprint density at radius 3 is 2.73 bits per heavy atom. The van der Waals surface area contributed by atoms with Crippen molar-refractivity contribution < 1.29 is 14.4 Å². The third-order valence-corrected chi connectivity index (χ3v) is 4.86. The van der Waals surface area contributed by atoms with Gasteiger partial charge in [-0.05, 0) is 43.9 Å². The van der Waals surface area contributed by atoms with Gasteiger partial charge in [-0.2, -0.15) is 0 Å². The van der Waals surface area contributed by atoms with Gasteiger partial charge in [0.1, 0.15) is 0 Å². The number of primary amides is 1. The van der Waals surface area contributed by atoms with E-state index in [0.29, 0.717) is 31.5 Å². The Morgan fingerprint density at radius 2 is 2.05 bits per heavy atom. The minimum absolute atomic E-state index is 0.0919. The number of amides is 2. The van der Waals surface area contributed by atoms with Crippen molar-refractivity contribution in [3.63, 3.8) is 0 Å². The normalized spacial score (nSPS) is 24.2. The zero-order valence-electron chi connectivity index (χ0n) is 12.7. The van der Waals surface area contributed by atoms with E-state index in [4.69, 9.17) is 5.73 Å². The Labute approximate surface area is 129 Å². The Kier molecular flexibility index (Phi) is 3.51. The van der Waals surface area contributed by atoms with Gasteiger partial charge in [0.25, 0.3) is 5.91 Å². The van der Waals surface area contributed by atoms with Crippen molar-refractivity contribution in [2.24, 2.45) is 11.1 Å². The summed E-state index contributed by atoms with van der Waals surface area (Å²) in [5.74, 6) is -0.299. The van der Waals surface area contributed by atoms with Crippen molar-refractivity contribution in [2.45, 2.75) is 32.6 Å². The van der Waals surface area contributed by atoms with Crippen molar-refractivity contribution in [1.82, 2.24) is 4.90 Å². The van der Waals surface area contributed by atoms with Crippen LogP contribution in [0, 0.1) is 5.41 Å². The highest BCUT2D eigenvalue weighted by Gasteiger charge is 2.40. The molecule has 0 spiro atoms. The molecule has 2 aliphatic rings. The van der Waals surface area contributed by atoms with Gasteiger partial charge in [0.2, 0.25) is 5.91 Å². The number of Topliss-reactive ketones (excluding diaryl/α,β-unsaturated/α-hetero) is 1. The number of carbonyl (C=O) groups is 3. The zero-order valence-corrected chi connectivity index (χ0v) is 12.7. The van der Waals surface area contributed by atoms with Crippen LogP contribution in [0.4, 0.5) is 0 Å². The van der Waals surface area contributed by atoms with E-state index in [0.717, 1.165) is 24.0 Å². The van der Waals surface area contributed by atoms with Crippen LogP contribution < -0.4 is 5.73 Å². The lowest BCUT2D eigenvalue weighted by atomic mass is 9.89. The number of rotatable bonds is 2. The summed E-state index contributed by atoms with van der Waals surface area (Å²) in [5.41, 5.74) is 7.07. The number of fused-ring (bicyclic) bond motifs is 1. The quantitative estimate of drug-likeness (QED) is 0.899. The fourth-order valence-electron chi connectivity index (χ4n) is 3.30. The van der Waals surface area contributed by atoms with E-state index in [1.54, 1.807) is 24.0 Å². The summed E-state index contributed by atoms with van der Waals surface area (Å²) in [6.45, 7) is 2.69. The largest absolute Gasteiger partial charge is 0.369 e. The van der Waals surface area contributed by atoms with Crippen LogP contribution in [0.15, 0.2) is 18.2 Å². The Hall–Kier alpha value is -2.17. The van der Waals surface area contributed by atoms with Crippen LogP contribution in [0.5, 0.6) is 0 Å². The van der Waals surface area contributed by atoms with Crippen molar-refractivity contribution in [2.75, 3.05) is 13.1 Å². The molecule has 5 nitrogen and oxygen atoms in total. The molecule has 1 aliphatic carbocycles. The molecule has 2 amide bonds. The van der Waals surface area contributed by atoms with Crippen LogP contribution in [-0.2, 0) is 11.2 Å². The van der Waals surface area contributed by atoms with Crippen molar-refractivity contribution >= 4 is 17.6 Å². The second-order valence-electron chi connectivity index (χ2n) is 6.55. The van der Waals surface area contributed by atoms with Gasteiger partial charge in [0, 0.05) is 30.6 Å². The van der Waals surface area contributed by atoms with Gasteiger partial charge in [-0.1, -0.05) is 6.07 Å². The van der Waals surface area contributed by atoms with E-state index >= 15 is 0 Å². The molecule has 1 atom stereocenters. The first-order valence-corrected chi connectivity index (χ1v) is 7.66. The first-order valence-electron chi connectivity index (χ1n) is 7.66. The number of benzene rings is 1. The monoisotopic (exact) mass is 300 g/mol. The maximum Gasteiger partial charge on any atom is 0.253 e. The lowest BCUT2D eigenvalue weighted by molar-refractivity contribution is -0.126. The molecular weight excluding hydrogens is 280 g/mol. The van der Waals surface area contributed by atoms with Crippen molar-refractivity contribution in [1.29, 1.82) is 0 Å². The van der Waals surface area contributed by atoms with Crippen LogP contribution in [-0.4, -0.2) is 35.6 Å². The number of ketones is 1. The number of likely N-dealkylation sites (tertiary alicyclic amines) is 1. The van der Waals surface area contributed by atoms with Crippen LogP contribution in [0.25, 0.3) is 0 Å². The number of nitrogens with zero attached hydrogens (tertiary/aromatic N) is 1. The SMILES string of the molecule is C[C@]1(C(N)=O)CCN(C(=O)c2ccc3c(c2)CCCC3=O)C1. The first-order chi connectivity index (χ1) is 10.4. The second-order valence-corrected chi connectivity index (χ2v) is 6.55. The van der Waals surface area contributed by atoms with Gasteiger partial charge >= 0.3 is 0 Å². The Bertz CT molecular complexity index is 668. The summed E-state index contributed by atoms with van der Waals surface area (Å²) in [4.78, 5) is 37.6. The molecule has 1 aromatic carbocycles. The minimum atomic E-state index is -0.639. The van der Waals surface area contributed by atoms with E-state index in [1.165, 1.54) is 0 Å². The molecule has 0 bridgehead atoms. The molecule has 1 fully saturated rings. The fraction of sp³-hybridized carbons (Fsp3) is 0.471. The third-order valence-electron chi connectivity index (χ3n) is 4.86. The van der Waals surface area contributed by atoms with Crippen molar-refractivity contribution in [3.8, 4) is 0 Å². The molecular formula is C17H20N2O3. The maximum absolute atomic E-state index is 12.6. The molecule has 0 saturated carbocycles. The standard InChI is InChI=1S/C17H20N2O3/c1-17(16(18)22)7-8-19(10-17)15(21)12-5-6-13-11(9-12)3-2-4-14(13)20/h5-6,9H,2-4,7-8,10H2,1H3,(H2,18,22)/t17-/m0/s1. The van der Waals surface area contributed by atoms with E-state index in [9.17, 15) is 14.4 Å². The zero-order chi connectivity index (χ0) is 15.9. The average molecular weight is 300 g/mol. The highest BCUT2D eigenvalue weighted by Crippen LogP contribution is 2.31. The molecule has 0 radical (unpaired) electrons. The minimum Gasteiger partial charge on any atom is -0.369 e. The maximum atomic E-state index is 12.6. The van der Waals surface area contributed by atoms with Crippen LogP contribution >= 0.6 is 0 Å². The summed E-state index contributed by atoms with van der Waals surface area (Å²) in [5, 5.41) is 0. The van der Waals surface area contributed by atoms with Gasteiger partial charge in [-0.25, -0.2) is 0 Å². The molecule has 3 rings (SSSR count). The number of aryl methyl sites for hydroxylation is 1. The van der Waals surface area contributed by atoms with Gasteiger partial charge in [-0.15, -0.1) is 0 Å². The Morgan fingerprint density at radius 1 is 1.27 bits per heavy atom. The van der Waals surface area contributed by atoms with Crippen LogP contribution in [0.3, 0.4) is 0 Å². The average Bonchev–Trinajstić information content (AvgIpc) is 2.90. The van der Waals surface area contributed by atoms with Gasteiger partial charge in [-0.3, -0.25) is 14.4 Å². The second kappa shape index (κ2) is 5.23. The van der Waals surface area contributed by atoms with E-state index in [1.807, 2.05) is 6.07 Å². The highest BCUT2D eigenvalue weighted by atomic mass is 16.2. The van der Waals surface area contributed by atoms with E-state index in [2.05, 4.69) is 0 Å². The number of carbonyl (C=O) groups excluding carboxylic acids is 3. The van der Waals surface area contributed by atoms with Crippen LogP contribution in [0.2, 0.25) is 0 Å².